The summed E-state index contributed by atoms with van der Waals surface area (Å²) in [5.74, 6) is -0.0743. The molecule has 0 unspecified atom stereocenters. The molecule has 0 aliphatic carbocycles. The van der Waals surface area contributed by atoms with Crippen molar-refractivity contribution >= 4 is 27.7 Å². The number of piperidine rings is 1. The van der Waals surface area contributed by atoms with Gasteiger partial charge < -0.3 is 4.90 Å². The van der Waals surface area contributed by atoms with E-state index in [0.29, 0.717) is 24.5 Å². The van der Waals surface area contributed by atoms with Crippen molar-refractivity contribution in [1.29, 1.82) is 0 Å². The molecule has 0 spiro atoms. The van der Waals surface area contributed by atoms with Crippen LogP contribution in [0.3, 0.4) is 0 Å². The first-order valence-corrected chi connectivity index (χ1v) is 11.5. The van der Waals surface area contributed by atoms with E-state index >= 15 is 0 Å². The topological polar surface area (TPSA) is 60.9 Å². The average molecular weight is 414 g/mol. The van der Waals surface area contributed by atoms with Crippen molar-refractivity contribution in [1.82, 2.24) is 13.5 Å². The van der Waals surface area contributed by atoms with Gasteiger partial charge >= 0.3 is 0 Å². The molecule has 3 rings (SSSR count). The fourth-order valence-corrected chi connectivity index (χ4v) is 5.82. The van der Waals surface area contributed by atoms with Crippen molar-refractivity contribution in [3.05, 3.63) is 34.9 Å². The lowest BCUT2D eigenvalue weighted by molar-refractivity contribution is -0.135. The maximum absolute atomic E-state index is 13.0. The van der Waals surface area contributed by atoms with E-state index in [1.165, 1.54) is 8.61 Å². The molecule has 6 nitrogen and oxygen atoms in total. The Morgan fingerprint density at radius 1 is 1.15 bits per heavy atom. The predicted octanol–water partition coefficient (Wildman–Crippen LogP) is 2.88. The lowest BCUT2D eigenvalue weighted by Crippen LogP contribution is -2.54. The van der Waals surface area contributed by atoms with Crippen LogP contribution in [0, 0.1) is 0 Å². The van der Waals surface area contributed by atoms with Crippen LogP contribution < -0.4 is 0 Å². The summed E-state index contributed by atoms with van der Waals surface area (Å²) >= 11 is 6.02. The molecule has 1 atom stereocenters. The Labute approximate surface area is 167 Å². The van der Waals surface area contributed by atoms with Crippen LogP contribution in [0.1, 0.15) is 44.6 Å². The molecule has 0 radical (unpaired) electrons. The minimum atomic E-state index is -3.66. The van der Waals surface area contributed by atoms with Gasteiger partial charge in [0, 0.05) is 37.2 Å². The van der Waals surface area contributed by atoms with Crippen molar-refractivity contribution in [2.45, 2.75) is 51.6 Å². The van der Waals surface area contributed by atoms with Gasteiger partial charge in [0.05, 0.1) is 6.54 Å². The molecular formula is C19H28ClN3O3S. The van der Waals surface area contributed by atoms with E-state index in [0.717, 1.165) is 37.8 Å². The van der Waals surface area contributed by atoms with Crippen molar-refractivity contribution in [2.75, 3.05) is 26.2 Å². The summed E-state index contributed by atoms with van der Waals surface area (Å²) in [6.07, 6.45) is 4.77. The third kappa shape index (κ3) is 4.83. The minimum absolute atomic E-state index is 0.0646. The van der Waals surface area contributed by atoms with Crippen molar-refractivity contribution in [3.63, 3.8) is 0 Å². The first kappa shape index (κ1) is 20.6. The molecule has 8 heteroatoms. The molecule has 2 saturated heterocycles. The summed E-state index contributed by atoms with van der Waals surface area (Å²) in [5.41, 5.74) is 0.848. The number of rotatable bonds is 5. The fraction of sp³-hybridized carbons (Fsp3) is 0.632. The second-order valence-electron chi connectivity index (χ2n) is 7.30. The Balaban J connectivity index is 1.69. The standard InChI is InChI=1S/C19H28ClN3O3S/c1-2-18-9-3-4-12-23(18)19(24)15-22-11-6-10-21(27(22,25)26)14-16-7-5-8-17(20)13-16/h5,7-8,13,18H,2-4,6,9-12,14-15H2,1H3/t18-/m1/s1. The molecule has 2 aliphatic heterocycles. The van der Waals surface area contributed by atoms with Gasteiger partial charge in [-0.2, -0.15) is 17.0 Å². The van der Waals surface area contributed by atoms with Crippen LogP contribution in [0.2, 0.25) is 5.02 Å². The Hall–Kier alpha value is -1.15. The quantitative estimate of drug-likeness (QED) is 0.745. The average Bonchev–Trinajstić information content (AvgIpc) is 2.65. The van der Waals surface area contributed by atoms with E-state index in [2.05, 4.69) is 6.92 Å². The van der Waals surface area contributed by atoms with Gasteiger partial charge in [-0.25, -0.2) is 0 Å². The summed E-state index contributed by atoms with van der Waals surface area (Å²) in [6.45, 7) is 3.88. The molecule has 2 fully saturated rings. The number of carbonyl (C=O) groups excluding carboxylic acids is 1. The maximum atomic E-state index is 13.0. The zero-order chi connectivity index (χ0) is 19.4. The largest absolute Gasteiger partial charge is 0.339 e. The van der Waals surface area contributed by atoms with Gasteiger partial charge in [0.15, 0.2) is 0 Å². The molecule has 0 N–H and O–H groups in total. The molecule has 2 heterocycles. The molecule has 150 valence electrons. The lowest BCUT2D eigenvalue weighted by Gasteiger charge is -2.38. The molecule has 27 heavy (non-hydrogen) atoms. The van der Waals surface area contributed by atoms with Gasteiger partial charge in [0.1, 0.15) is 0 Å². The highest BCUT2D eigenvalue weighted by Crippen LogP contribution is 2.23. The molecule has 1 aromatic carbocycles. The second-order valence-corrected chi connectivity index (χ2v) is 9.67. The third-order valence-electron chi connectivity index (χ3n) is 5.45. The summed E-state index contributed by atoms with van der Waals surface area (Å²) in [5, 5.41) is 0.588. The minimum Gasteiger partial charge on any atom is -0.339 e. The zero-order valence-corrected chi connectivity index (χ0v) is 17.4. The van der Waals surface area contributed by atoms with Crippen LogP contribution in [0.25, 0.3) is 0 Å². The molecule has 2 aliphatic rings. The normalized spacial score (nSPS) is 24.1. The SMILES string of the molecule is CC[C@@H]1CCCCN1C(=O)CN1CCCN(Cc2cccc(Cl)c2)S1(=O)=O. The lowest BCUT2D eigenvalue weighted by atomic mass is 10.00. The molecule has 0 bridgehead atoms. The van der Waals surface area contributed by atoms with Crippen LogP contribution in [-0.4, -0.2) is 60.1 Å². The number of likely N-dealkylation sites (tertiary alicyclic amines) is 1. The number of amides is 1. The van der Waals surface area contributed by atoms with Crippen LogP contribution in [-0.2, 0) is 21.5 Å². The van der Waals surface area contributed by atoms with Gasteiger partial charge in [-0.3, -0.25) is 4.79 Å². The predicted molar refractivity (Wildman–Crippen MR) is 107 cm³/mol. The monoisotopic (exact) mass is 413 g/mol. The van der Waals surface area contributed by atoms with E-state index in [9.17, 15) is 13.2 Å². The number of hydrogen-bond donors (Lipinski definition) is 0. The molecule has 0 aromatic heterocycles. The van der Waals surface area contributed by atoms with E-state index < -0.39 is 10.2 Å². The number of benzene rings is 1. The van der Waals surface area contributed by atoms with E-state index in [1.807, 2.05) is 17.0 Å². The summed E-state index contributed by atoms with van der Waals surface area (Å²) in [7, 11) is -3.66. The van der Waals surface area contributed by atoms with Crippen LogP contribution in [0.4, 0.5) is 0 Å². The molecule has 1 amide bonds. The molecule has 0 saturated carbocycles. The Bertz CT molecular complexity index is 771. The second kappa shape index (κ2) is 8.90. The fourth-order valence-electron chi connectivity index (χ4n) is 3.97. The van der Waals surface area contributed by atoms with Crippen LogP contribution >= 0.6 is 11.6 Å². The third-order valence-corrected chi connectivity index (χ3v) is 7.61. The Kier molecular flexibility index (Phi) is 6.78. The number of nitrogens with zero attached hydrogens (tertiary/aromatic N) is 3. The van der Waals surface area contributed by atoms with E-state index in [1.54, 1.807) is 12.1 Å². The number of hydrogen-bond acceptors (Lipinski definition) is 3. The summed E-state index contributed by atoms with van der Waals surface area (Å²) in [4.78, 5) is 14.7. The van der Waals surface area contributed by atoms with Gasteiger partial charge in [0.2, 0.25) is 5.91 Å². The van der Waals surface area contributed by atoms with Crippen LogP contribution in [0.5, 0.6) is 0 Å². The smallest absolute Gasteiger partial charge is 0.282 e. The van der Waals surface area contributed by atoms with Gasteiger partial charge in [-0.1, -0.05) is 30.7 Å². The van der Waals surface area contributed by atoms with E-state index in [4.69, 9.17) is 11.6 Å². The Morgan fingerprint density at radius 2 is 1.93 bits per heavy atom. The van der Waals surface area contributed by atoms with Crippen molar-refractivity contribution < 1.29 is 13.2 Å². The van der Waals surface area contributed by atoms with Gasteiger partial charge in [-0.05, 0) is 49.8 Å². The zero-order valence-electron chi connectivity index (χ0n) is 15.8. The maximum Gasteiger partial charge on any atom is 0.282 e. The molecule has 1 aromatic rings. The highest BCUT2D eigenvalue weighted by molar-refractivity contribution is 7.86. The van der Waals surface area contributed by atoms with Crippen molar-refractivity contribution in [2.24, 2.45) is 0 Å². The highest BCUT2D eigenvalue weighted by Gasteiger charge is 2.36. The first-order chi connectivity index (χ1) is 12.9. The molecular weight excluding hydrogens is 386 g/mol. The summed E-state index contributed by atoms with van der Waals surface area (Å²) < 4.78 is 28.8. The highest BCUT2D eigenvalue weighted by atomic mass is 35.5. The van der Waals surface area contributed by atoms with Crippen molar-refractivity contribution in [3.8, 4) is 0 Å². The first-order valence-electron chi connectivity index (χ1n) is 9.71. The van der Waals surface area contributed by atoms with Gasteiger partial charge in [0.25, 0.3) is 10.2 Å². The number of carbonyl (C=O) groups is 1. The Morgan fingerprint density at radius 3 is 2.67 bits per heavy atom. The number of halogens is 1. The summed E-state index contributed by atoms with van der Waals surface area (Å²) in [6, 6.07) is 7.47. The van der Waals surface area contributed by atoms with E-state index in [-0.39, 0.29) is 25.0 Å². The van der Waals surface area contributed by atoms with Crippen LogP contribution in [0.15, 0.2) is 24.3 Å². The van der Waals surface area contributed by atoms with Gasteiger partial charge in [-0.15, -0.1) is 0 Å².